The van der Waals surface area contributed by atoms with E-state index in [1.165, 1.54) is 21.9 Å². The summed E-state index contributed by atoms with van der Waals surface area (Å²) >= 11 is 0. The third kappa shape index (κ3) is 4.30. The molecule has 8 bridgehead atoms. The Hall–Kier alpha value is -5.42. The fraction of sp³-hybridized carbons (Fsp3) is 0.190. The molecule has 5 heterocycles. The predicted molar refractivity (Wildman–Crippen MR) is 196 cm³/mol. The van der Waals surface area contributed by atoms with E-state index in [0.717, 1.165) is 66.3 Å². The van der Waals surface area contributed by atoms with Crippen LogP contribution in [0.5, 0.6) is 0 Å². The van der Waals surface area contributed by atoms with E-state index in [2.05, 4.69) is 160 Å². The number of benzene rings is 4. The summed E-state index contributed by atoms with van der Waals surface area (Å²) in [4.78, 5) is 10.9. The van der Waals surface area contributed by atoms with Crippen LogP contribution in [0.1, 0.15) is 52.7 Å². The maximum absolute atomic E-state index is 6.67. The molecule has 9 aromatic rings. The monoisotopic (exact) mass is 612 g/mol. The summed E-state index contributed by atoms with van der Waals surface area (Å²) in [6, 6.07) is 38.9. The van der Waals surface area contributed by atoms with Gasteiger partial charge in [0.1, 0.15) is 22.5 Å². The molecular weight excluding hydrogens is 576 g/mol. The zero-order chi connectivity index (χ0) is 32.2. The van der Waals surface area contributed by atoms with Gasteiger partial charge in [-0.05, 0) is 82.6 Å². The lowest BCUT2D eigenvalue weighted by molar-refractivity contribution is 0.590. The van der Waals surface area contributed by atoms with Crippen LogP contribution in [0.15, 0.2) is 114 Å². The molecule has 0 N–H and O–H groups in total. The summed E-state index contributed by atoms with van der Waals surface area (Å²) in [5, 5.41) is 4.68. The average molecular weight is 613 g/mol. The molecule has 0 atom stereocenters. The Kier molecular flexibility index (Phi) is 5.66. The van der Waals surface area contributed by atoms with E-state index in [9.17, 15) is 0 Å². The topological polar surface area (TPSA) is 47.7 Å². The van der Waals surface area contributed by atoms with Crippen LogP contribution in [0, 0.1) is 0 Å². The van der Waals surface area contributed by atoms with E-state index in [4.69, 9.17) is 14.4 Å². The first-order valence-corrected chi connectivity index (χ1v) is 16.3. The summed E-state index contributed by atoms with van der Waals surface area (Å²) < 4.78 is 11.2. The molecule has 47 heavy (non-hydrogen) atoms. The van der Waals surface area contributed by atoms with Gasteiger partial charge in [-0.15, -0.1) is 0 Å². The molecule has 0 saturated carbocycles. The molecule has 5 aromatic heterocycles. The lowest BCUT2D eigenvalue weighted by Gasteiger charge is -2.20. The van der Waals surface area contributed by atoms with Gasteiger partial charge in [-0.3, -0.25) is 8.80 Å². The lowest BCUT2D eigenvalue weighted by Crippen LogP contribution is -2.12. The first-order valence-electron chi connectivity index (χ1n) is 16.3. The van der Waals surface area contributed by atoms with Crippen molar-refractivity contribution in [1.29, 1.82) is 0 Å². The Bertz CT molecular complexity index is 2620. The molecule has 0 fully saturated rings. The zero-order valence-corrected chi connectivity index (χ0v) is 27.6. The van der Waals surface area contributed by atoms with Crippen LogP contribution >= 0.6 is 0 Å². The van der Waals surface area contributed by atoms with E-state index in [0.29, 0.717) is 0 Å². The Morgan fingerprint density at radius 2 is 0.851 bits per heavy atom. The van der Waals surface area contributed by atoms with Crippen molar-refractivity contribution in [2.75, 3.05) is 0 Å². The van der Waals surface area contributed by atoms with Crippen LogP contribution in [0.25, 0.3) is 77.1 Å². The number of para-hydroxylation sites is 2. The SMILES string of the molecule is CC(C)(C)c1cc2nc(c1)n1c3ccccc3c3ccc(cc31)oc1ccc3c4ccccc4n(c4cc(C(C)(C)C)cc2n4)c3c1. The molecular formula is C42H36N4O. The maximum atomic E-state index is 6.67. The van der Waals surface area contributed by atoms with Crippen molar-refractivity contribution < 1.29 is 4.42 Å². The first kappa shape index (κ1) is 27.9. The van der Waals surface area contributed by atoms with Gasteiger partial charge in [0.05, 0.1) is 33.1 Å². The van der Waals surface area contributed by atoms with Crippen molar-refractivity contribution in [3.8, 4) is 0 Å². The number of rotatable bonds is 0. The Labute approximate surface area is 272 Å². The van der Waals surface area contributed by atoms with Crippen LogP contribution < -0.4 is 0 Å². The molecule has 5 heteroatoms. The lowest BCUT2D eigenvalue weighted by atomic mass is 9.86. The Balaban J connectivity index is 1.63. The van der Waals surface area contributed by atoms with E-state index >= 15 is 0 Å². The normalized spacial score (nSPS) is 12.9. The Morgan fingerprint density at radius 1 is 0.447 bits per heavy atom. The quantitative estimate of drug-likeness (QED) is 0.171. The highest BCUT2D eigenvalue weighted by atomic mass is 16.3. The van der Waals surface area contributed by atoms with Crippen molar-refractivity contribution in [1.82, 2.24) is 18.8 Å². The molecule has 230 valence electrons. The van der Waals surface area contributed by atoms with Crippen molar-refractivity contribution in [3.05, 3.63) is 120 Å². The van der Waals surface area contributed by atoms with Crippen LogP contribution in [0.3, 0.4) is 0 Å². The van der Waals surface area contributed by atoms with E-state index < -0.39 is 0 Å². The maximum Gasteiger partial charge on any atom is 0.138 e. The third-order valence-electron chi connectivity index (χ3n) is 9.60. The van der Waals surface area contributed by atoms with Gasteiger partial charge >= 0.3 is 0 Å². The van der Waals surface area contributed by atoms with Gasteiger partial charge in [0.25, 0.3) is 0 Å². The van der Waals surface area contributed by atoms with Crippen molar-refractivity contribution in [3.63, 3.8) is 0 Å². The van der Waals surface area contributed by atoms with Gasteiger partial charge in [0.2, 0.25) is 0 Å². The molecule has 0 unspecified atom stereocenters. The van der Waals surface area contributed by atoms with Gasteiger partial charge in [0.15, 0.2) is 0 Å². The molecule has 0 aliphatic rings. The first-order chi connectivity index (χ1) is 22.5. The van der Waals surface area contributed by atoms with Gasteiger partial charge < -0.3 is 4.42 Å². The minimum Gasteiger partial charge on any atom is -0.457 e. The Morgan fingerprint density at radius 3 is 1.28 bits per heavy atom. The molecule has 0 aliphatic carbocycles. The number of fused-ring (bicyclic) bond motifs is 15. The van der Waals surface area contributed by atoms with Gasteiger partial charge in [0, 0.05) is 33.7 Å². The number of pyridine rings is 2. The highest BCUT2D eigenvalue weighted by Gasteiger charge is 2.20. The standard InChI is InChI=1S/C42H36N4O/c1-41(2,3)25-19-33-34-20-26(42(4,5)6)22-40(44-34)46-36-14-10-8-12-30(36)32-18-16-28(24-38(32)46)47-27-15-17-31-29-11-7-9-13-35(29)45(37(31)23-27)39(21-25)43-33/h7-24H,1-6H3. The molecule has 0 aliphatic heterocycles. The van der Waals surface area contributed by atoms with Gasteiger partial charge in [-0.1, -0.05) is 77.9 Å². The minimum absolute atomic E-state index is 0.116. The average Bonchev–Trinajstić information content (AvgIpc) is 3.55. The van der Waals surface area contributed by atoms with Gasteiger partial charge in [-0.2, -0.15) is 0 Å². The van der Waals surface area contributed by atoms with Crippen molar-refractivity contribution in [2.45, 2.75) is 52.4 Å². The van der Waals surface area contributed by atoms with Crippen molar-refractivity contribution >= 4 is 77.1 Å². The van der Waals surface area contributed by atoms with Crippen LogP contribution in [0.2, 0.25) is 0 Å². The largest absolute Gasteiger partial charge is 0.457 e. The predicted octanol–water partition coefficient (Wildman–Crippen LogP) is 11.2. The van der Waals surface area contributed by atoms with Crippen LogP contribution in [0.4, 0.5) is 0 Å². The summed E-state index contributed by atoms with van der Waals surface area (Å²) in [6.07, 6.45) is 0. The number of nitrogens with zero attached hydrogens (tertiary/aromatic N) is 4. The molecule has 0 radical (unpaired) electrons. The molecule has 0 spiro atoms. The van der Waals surface area contributed by atoms with Crippen LogP contribution in [-0.2, 0) is 10.8 Å². The van der Waals surface area contributed by atoms with Crippen LogP contribution in [-0.4, -0.2) is 18.8 Å². The summed E-state index contributed by atoms with van der Waals surface area (Å²) in [5.74, 6) is 0. The molecule has 9 rings (SSSR count). The number of hydrogen-bond acceptors (Lipinski definition) is 3. The fourth-order valence-electron chi connectivity index (χ4n) is 7.05. The van der Waals surface area contributed by atoms with E-state index in [1.807, 2.05) is 0 Å². The molecule has 5 nitrogen and oxygen atoms in total. The second kappa shape index (κ2) is 9.55. The molecule has 4 aromatic carbocycles. The number of aromatic nitrogens is 4. The second-order valence-electron chi connectivity index (χ2n) is 14.9. The summed E-state index contributed by atoms with van der Waals surface area (Å²) in [6.45, 7) is 13.6. The summed E-state index contributed by atoms with van der Waals surface area (Å²) in [7, 11) is 0. The zero-order valence-electron chi connectivity index (χ0n) is 27.6. The summed E-state index contributed by atoms with van der Waals surface area (Å²) in [5.41, 5.74) is 11.5. The number of hydrogen-bond donors (Lipinski definition) is 0. The smallest absolute Gasteiger partial charge is 0.138 e. The minimum atomic E-state index is -0.116. The van der Waals surface area contributed by atoms with E-state index in [1.54, 1.807) is 0 Å². The fourth-order valence-corrected chi connectivity index (χ4v) is 7.05. The molecule has 0 saturated heterocycles. The highest BCUT2D eigenvalue weighted by Crippen LogP contribution is 2.35. The van der Waals surface area contributed by atoms with Crippen molar-refractivity contribution in [2.24, 2.45) is 0 Å². The third-order valence-corrected chi connectivity index (χ3v) is 9.60. The highest BCUT2D eigenvalue weighted by molar-refractivity contribution is 6.11. The van der Waals surface area contributed by atoms with E-state index in [-0.39, 0.29) is 10.8 Å². The molecule has 0 amide bonds. The second-order valence-corrected chi connectivity index (χ2v) is 14.9. The van der Waals surface area contributed by atoms with Gasteiger partial charge in [-0.25, -0.2) is 9.97 Å².